The lowest BCUT2D eigenvalue weighted by atomic mass is 9.70. The molecule has 7 heteroatoms. The van der Waals surface area contributed by atoms with Crippen molar-refractivity contribution in [3.63, 3.8) is 0 Å². The standard InChI is InChI=1S/C10H11Cl7/c11-2-9(3-12)5-4(13)1-10(9,8(16)17)7(15)6(5)14/h4-8H,1-3H2/t4-,5-,6+,7-,10?/m0/s1. The van der Waals surface area contributed by atoms with E-state index in [4.69, 9.17) is 81.2 Å². The predicted molar refractivity (Wildman–Crippen MR) is 78.8 cm³/mol. The molecule has 0 amide bonds. The Labute approximate surface area is 136 Å². The lowest BCUT2D eigenvalue weighted by Gasteiger charge is -2.43. The summed E-state index contributed by atoms with van der Waals surface area (Å²) in [5.41, 5.74) is -1.10. The van der Waals surface area contributed by atoms with Crippen LogP contribution in [0.3, 0.4) is 0 Å². The van der Waals surface area contributed by atoms with Gasteiger partial charge in [0.05, 0.1) is 10.8 Å². The molecule has 0 aromatic rings. The van der Waals surface area contributed by atoms with E-state index in [0.29, 0.717) is 18.2 Å². The highest BCUT2D eigenvalue weighted by Crippen LogP contribution is 2.73. The van der Waals surface area contributed by atoms with Gasteiger partial charge in [0.1, 0.15) is 4.84 Å². The van der Waals surface area contributed by atoms with Crippen molar-refractivity contribution in [2.75, 3.05) is 11.8 Å². The maximum atomic E-state index is 6.44. The summed E-state index contributed by atoms with van der Waals surface area (Å²) in [4.78, 5) is -0.683. The van der Waals surface area contributed by atoms with E-state index in [1.54, 1.807) is 0 Å². The summed E-state index contributed by atoms with van der Waals surface area (Å²) in [5.74, 6) is 0.572. The number of hydrogen-bond acceptors (Lipinski definition) is 0. The van der Waals surface area contributed by atoms with Crippen molar-refractivity contribution in [2.24, 2.45) is 16.7 Å². The van der Waals surface area contributed by atoms with Crippen molar-refractivity contribution in [2.45, 2.75) is 27.4 Å². The van der Waals surface area contributed by atoms with Crippen LogP contribution in [0.1, 0.15) is 6.42 Å². The predicted octanol–water partition coefficient (Wildman–Crippen LogP) is 5.10. The average molecular weight is 379 g/mol. The highest BCUT2D eigenvalue weighted by molar-refractivity contribution is 6.46. The van der Waals surface area contributed by atoms with Crippen molar-refractivity contribution in [1.82, 2.24) is 0 Å². The first kappa shape index (κ1) is 15.4. The Morgan fingerprint density at radius 1 is 1.06 bits per heavy atom. The molecule has 0 aromatic carbocycles. The fourth-order valence-electron chi connectivity index (χ4n) is 3.56. The molecule has 0 nitrogen and oxygen atoms in total. The first-order valence-electron chi connectivity index (χ1n) is 5.21. The Balaban J connectivity index is 2.58. The normalized spacial score (nSPS) is 48.0. The molecule has 0 saturated heterocycles. The summed E-state index contributed by atoms with van der Waals surface area (Å²) in [6, 6.07) is 0. The number of rotatable bonds is 3. The first-order valence-corrected chi connectivity index (χ1v) is 8.46. The largest absolute Gasteiger partial charge is 0.126 e. The molecule has 0 heterocycles. The molecule has 2 rings (SSSR count). The van der Waals surface area contributed by atoms with E-state index >= 15 is 0 Å². The van der Waals surface area contributed by atoms with Gasteiger partial charge < -0.3 is 0 Å². The van der Waals surface area contributed by atoms with Gasteiger partial charge in [0.25, 0.3) is 0 Å². The quantitative estimate of drug-likeness (QED) is 0.599. The number of hydrogen-bond donors (Lipinski definition) is 0. The van der Waals surface area contributed by atoms with Gasteiger partial charge >= 0.3 is 0 Å². The van der Waals surface area contributed by atoms with E-state index in [1.807, 2.05) is 0 Å². The Kier molecular flexibility index (Phi) is 4.62. The maximum Gasteiger partial charge on any atom is 0.115 e. The van der Waals surface area contributed by atoms with Crippen molar-refractivity contribution < 1.29 is 0 Å². The molecule has 0 radical (unpaired) electrons. The van der Waals surface area contributed by atoms with E-state index in [9.17, 15) is 0 Å². The van der Waals surface area contributed by atoms with Crippen LogP contribution in [-0.2, 0) is 0 Å². The second-order valence-corrected chi connectivity index (χ2v) is 8.02. The fraction of sp³-hybridized carbons (Fsp3) is 1.00. The Bertz CT molecular complexity index is 303. The van der Waals surface area contributed by atoms with Crippen LogP contribution in [0, 0.1) is 16.7 Å². The Morgan fingerprint density at radius 2 is 1.59 bits per heavy atom. The molecule has 0 aromatic heterocycles. The summed E-state index contributed by atoms with van der Waals surface area (Å²) in [7, 11) is 0. The molecule has 5 atom stereocenters. The molecule has 2 saturated carbocycles. The van der Waals surface area contributed by atoms with Crippen LogP contribution in [0.4, 0.5) is 0 Å². The van der Waals surface area contributed by atoms with Crippen LogP contribution in [0.2, 0.25) is 0 Å². The van der Waals surface area contributed by atoms with E-state index in [-0.39, 0.29) is 22.0 Å². The van der Waals surface area contributed by atoms with Gasteiger partial charge in [0.2, 0.25) is 0 Å². The second kappa shape index (κ2) is 5.10. The average Bonchev–Trinajstić information content (AvgIpc) is 2.65. The zero-order valence-corrected chi connectivity index (χ0v) is 13.9. The zero-order valence-electron chi connectivity index (χ0n) is 8.65. The lowest BCUT2D eigenvalue weighted by Crippen LogP contribution is -2.48. The second-order valence-electron chi connectivity index (χ2n) is 4.86. The molecule has 2 fully saturated rings. The third-order valence-electron chi connectivity index (χ3n) is 4.47. The molecule has 17 heavy (non-hydrogen) atoms. The van der Waals surface area contributed by atoms with Gasteiger partial charge in [-0.1, -0.05) is 0 Å². The first-order chi connectivity index (χ1) is 7.89. The molecule has 1 unspecified atom stereocenters. The fourth-order valence-corrected chi connectivity index (χ4v) is 7.67. The van der Waals surface area contributed by atoms with E-state index < -0.39 is 15.7 Å². The van der Waals surface area contributed by atoms with Crippen LogP contribution in [0.15, 0.2) is 0 Å². The molecule has 0 spiro atoms. The highest BCUT2D eigenvalue weighted by atomic mass is 35.5. The third-order valence-corrected chi connectivity index (χ3v) is 7.94. The number of alkyl halides is 7. The SMILES string of the molecule is ClCC1(CCl)[C@@H]2[C@@H](Cl)[C@H](Cl)C1(C(Cl)Cl)C[C@@H]2Cl. The summed E-state index contributed by atoms with van der Waals surface area (Å²) in [6.45, 7) is 0. The topological polar surface area (TPSA) is 0 Å². The minimum Gasteiger partial charge on any atom is -0.126 e. The van der Waals surface area contributed by atoms with Gasteiger partial charge in [-0.25, -0.2) is 0 Å². The Morgan fingerprint density at radius 3 is 1.94 bits per heavy atom. The van der Waals surface area contributed by atoms with Gasteiger partial charge in [-0.15, -0.1) is 81.2 Å². The van der Waals surface area contributed by atoms with Gasteiger partial charge in [0, 0.05) is 33.9 Å². The monoisotopic (exact) mass is 376 g/mol. The number of fused-ring (bicyclic) bond motifs is 2. The summed E-state index contributed by atoms with van der Waals surface area (Å²) < 4.78 is 0. The highest BCUT2D eigenvalue weighted by Gasteiger charge is 2.76. The van der Waals surface area contributed by atoms with Gasteiger partial charge in [-0.3, -0.25) is 0 Å². The van der Waals surface area contributed by atoms with Crippen LogP contribution >= 0.6 is 81.2 Å². The molecule has 2 bridgehead atoms. The van der Waals surface area contributed by atoms with Gasteiger partial charge in [-0.05, 0) is 6.42 Å². The van der Waals surface area contributed by atoms with Crippen molar-refractivity contribution >= 4 is 81.2 Å². The van der Waals surface area contributed by atoms with Crippen LogP contribution in [0.5, 0.6) is 0 Å². The Hall–Kier alpha value is 2.03. The van der Waals surface area contributed by atoms with Gasteiger partial charge in [0.15, 0.2) is 0 Å². The van der Waals surface area contributed by atoms with Crippen molar-refractivity contribution in [1.29, 1.82) is 0 Å². The smallest absolute Gasteiger partial charge is 0.115 e. The van der Waals surface area contributed by atoms with E-state index in [2.05, 4.69) is 0 Å². The van der Waals surface area contributed by atoms with Gasteiger partial charge in [-0.2, -0.15) is 0 Å². The summed E-state index contributed by atoms with van der Waals surface area (Å²) in [6.07, 6.45) is 0.605. The van der Waals surface area contributed by atoms with E-state index in [0.717, 1.165) is 0 Å². The molecular weight excluding hydrogens is 368 g/mol. The molecule has 100 valence electrons. The number of halogens is 7. The van der Waals surface area contributed by atoms with Crippen LogP contribution in [-0.4, -0.2) is 32.7 Å². The van der Waals surface area contributed by atoms with Crippen molar-refractivity contribution in [3.05, 3.63) is 0 Å². The maximum absolute atomic E-state index is 6.44. The van der Waals surface area contributed by atoms with Crippen LogP contribution < -0.4 is 0 Å². The minimum absolute atomic E-state index is 0.0525. The summed E-state index contributed by atoms with van der Waals surface area (Å²) in [5, 5.41) is -0.794. The molecular formula is C10H11Cl7. The molecule has 2 aliphatic carbocycles. The summed E-state index contributed by atoms with van der Waals surface area (Å²) >= 11 is 43.8. The molecule has 0 N–H and O–H groups in total. The van der Waals surface area contributed by atoms with Crippen molar-refractivity contribution in [3.8, 4) is 0 Å². The van der Waals surface area contributed by atoms with E-state index in [1.165, 1.54) is 0 Å². The third kappa shape index (κ3) is 1.71. The zero-order chi connectivity index (χ0) is 13.0. The van der Waals surface area contributed by atoms with Crippen LogP contribution in [0.25, 0.3) is 0 Å². The lowest BCUT2D eigenvalue weighted by molar-refractivity contribution is 0.156. The molecule has 2 aliphatic rings. The minimum atomic E-state index is -0.683. The molecule has 0 aliphatic heterocycles.